The van der Waals surface area contributed by atoms with Gasteiger partial charge in [-0.3, -0.25) is 18.6 Å². The molecule has 0 aromatic rings. The predicted molar refractivity (Wildman–Crippen MR) is 321 cm³/mol. The second kappa shape index (κ2) is 59.7. The number of nitrogens with two attached hydrogens (primary N) is 1. The summed E-state index contributed by atoms with van der Waals surface area (Å²) in [5.41, 5.74) is 5.37. The van der Waals surface area contributed by atoms with Crippen molar-refractivity contribution in [1.29, 1.82) is 0 Å². The smallest absolute Gasteiger partial charge is 0.462 e. The van der Waals surface area contributed by atoms with E-state index in [1.165, 1.54) is 96.3 Å². The van der Waals surface area contributed by atoms with Crippen molar-refractivity contribution in [3.63, 3.8) is 0 Å². The topological polar surface area (TPSA) is 134 Å². The Balaban J connectivity index is 3.89. The van der Waals surface area contributed by atoms with Crippen molar-refractivity contribution in [1.82, 2.24) is 0 Å². The molecular weight excluding hydrogens is 954 g/mol. The minimum atomic E-state index is -4.39. The van der Waals surface area contributed by atoms with Crippen molar-refractivity contribution >= 4 is 19.8 Å². The molecular formula is C65H110NO8P. The second-order valence-electron chi connectivity index (χ2n) is 19.5. The van der Waals surface area contributed by atoms with Crippen LogP contribution >= 0.6 is 7.82 Å². The fourth-order valence-electron chi connectivity index (χ4n) is 7.92. The molecule has 0 spiro atoms. The van der Waals surface area contributed by atoms with Gasteiger partial charge in [0.05, 0.1) is 13.2 Å². The van der Waals surface area contributed by atoms with E-state index in [0.29, 0.717) is 6.42 Å². The molecule has 0 aliphatic rings. The minimum Gasteiger partial charge on any atom is -0.462 e. The fraction of sp³-hybridized carbons (Fsp3) is 0.662. The van der Waals surface area contributed by atoms with Gasteiger partial charge in [0.25, 0.3) is 0 Å². The van der Waals surface area contributed by atoms with Gasteiger partial charge in [-0.1, -0.05) is 245 Å². The van der Waals surface area contributed by atoms with Crippen molar-refractivity contribution in [3.05, 3.63) is 122 Å². The van der Waals surface area contributed by atoms with Crippen molar-refractivity contribution in [2.24, 2.45) is 5.73 Å². The first-order valence-corrected chi connectivity index (χ1v) is 31.5. The molecule has 0 aliphatic carbocycles. The van der Waals surface area contributed by atoms with Crippen molar-refractivity contribution in [3.8, 4) is 0 Å². The minimum absolute atomic E-state index is 0.0482. The van der Waals surface area contributed by atoms with Crippen LogP contribution < -0.4 is 5.73 Å². The van der Waals surface area contributed by atoms with Crippen molar-refractivity contribution in [2.75, 3.05) is 26.4 Å². The molecule has 0 aromatic heterocycles. The zero-order chi connectivity index (χ0) is 54.5. The Morgan fingerprint density at radius 2 is 0.733 bits per heavy atom. The number of carbonyl (C=O) groups is 2. The van der Waals surface area contributed by atoms with Gasteiger partial charge < -0.3 is 20.1 Å². The molecule has 0 fully saturated rings. The fourth-order valence-corrected chi connectivity index (χ4v) is 8.68. The first-order valence-electron chi connectivity index (χ1n) is 30.0. The summed E-state index contributed by atoms with van der Waals surface area (Å²) < 4.78 is 32.9. The van der Waals surface area contributed by atoms with E-state index in [2.05, 4.69) is 135 Å². The van der Waals surface area contributed by atoms with Gasteiger partial charge >= 0.3 is 19.8 Å². The number of unbranched alkanes of at least 4 members (excludes halogenated alkanes) is 22. The van der Waals surface area contributed by atoms with Crippen LogP contribution in [0.1, 0.15) is 245 Å². The van der Waals surface area contributed by atoms with E-state index in [0.717, 1.165) is 116 Å². The van der Waals surface area contributed by atoms with Crippen LogP contribution in [0.3, 0.4) is 0 Å². The summed E-state index contributed by atoms with van der Waals surface area (Å²) in [6.45, 7) is 3.59. The van der Waals surface area contributed by atoms with Crippen LogP contribution in [0.15, 0.2) is 122 Å². The number of allylic oxidation sites excluding steroid dienone is 20. The lowest BCUT2D eigenvalue weighted by molar-refractivity contribution is -0.161. The Kier molecular flexibility index (Phi) is 56.8. The number of esters is 2. The van der Waals surface area contributed by atoms with Crippen LogP contribution in [0.25, 0.3) is 0 Å². The van der Waals surface area contributed by atoms with E-state index < -0.39 is 32.5 Å². The number of phosphoric ester groups is 1. The molecule has 0 saturated carbocycles. The van der Waals surface area contributed by atoms with Gasteiger partial charge in [0.15, 0.2) is 6.10 Å². The molecule has 0 saturated heterocycles. The third kappa shape index (κ3) is 59.5. The summed E-state index contributed by atoms with van der Waals surface area (Å²) >= 11 is 0. The monoisotopic (exact) mass is 1060 g/mol. The number of hydrogen-bond acceptors (Lipinski definition) is 8. The maximum atomic E-state index is 12.7. The lowest BCUT2D eigenvalue weighted by Gasteiger charge is -2.19. The quantitative estimate of drug-likeness (QED) is 0.0264. The SMILES string of the molecule is CC/C=C\C/C=C\C/C=C\C/C=C\C/C=C\C/C=C\C/C=C\C/C=C\C/C=C\CCCCCCCCCCCCCCCC(=O)OC(COC(=O)CCCCCCC/C=C\CCCCCC)COP(=O)(O)OCCN. The molecule has 75 heavy (non-hydrogen) atoms. The highest BCUT2D eigenvalue weighted by Gasteiger charge is 2.26. The molecule has 10 heteroatoms. The van der Waals surface area contributed by atoms with Crippen LogP contribution in [-0.4, -0.2) is 49.3 Å². The number of rotatable bonds is 55. The lowest BCUT2D eigenvalue weighted by atomic mass is 10.0. The summed E-state index contributed by atoms with van der Waals surface area (Å²) in [5, 5.41) is 0. The normalized spacial score (nSPS) is 13.9. The van der Waals surface area contributed by atoms with Gasteiger partial charge in [0, 0.05) is 19.4 Å². The predicted octanol–water partition coefficient (Wildman–Crippen LogP) is 19.2. The average Bonchev–Trinajstić information content (AvgIpc) is 3.40. The summed E-state index contributed by atoms with van der Waals surface area (Å²) in [6.07, 6.45) is 82.7. The number of phosphoric acid groups is 1. The van der Waals surface area contributed by atoms with Gasteiger partial charge in [-0.15, -0.1) is 0 Å². The summed E-state index contributed by atoms with van der Waals surface area (Å²) in [6, 6.07) is 0. The first-order chi connectivity index (χ1) is 36.8. The highest BCUT2D eigenvalue weighted by Crippen LogP contribution is 2.43. The average molecular weight is 1060 g/mol. The Labute approximate surface area is 460 Å². The lowest BCUT2D eigenvalue weighted by Crippen LogP contribution is -2.29. The van der Waals surface area contributed by atoms with Crippen LogP contribution in [0.5, 0.6) is 0 Å². The third-order valence-electron chi connectivity index (χ3n) is 12.3. The van der Waals surface area contributed by atoms with Crippen molar-refractivity contribution < 1.29 is 37.6 Å². The van der Waals surface area contributed by atoms with E-state index in [1.807, 2.05) is 0 Å². The zero-order valence-electron chi connectivity index (χ0n) is 47.7. The van der Waals surface area contributed by atoms with Gasteiger partial charge in [-0.05, 0) is 109 Å². The molecule has 0 bridgehead atoms. The summed E-state index contributed by atoms with van der Waals surface area (Å²) in [4.78, 5) is 35.1. The Bertz CT molecular complexity index is 1640. The Morgan fingerprint density at radius 1 is 0.413 bits per heavy atom. The summed E-state index contributed by atoms with van der Waals surface area (Å²) in [5.74, 6) is -0.842. The van der Waals surface area contributed by atoms with E-state index >= 15 is 0 Å². The van der Waals surface area contributed by atoms with Gasteiger partial charge in [0.1, 0.15) is 6.61 Å². The Hall–Kier alpha value is -3.59. The Morgan fingerprint density at radius 3 is 1.11 bits per heavy atom. The van der Waals surface area contributed by atoms with Crippen LogP contribution in [0.4, 0.5) is 0 Å². The molecule has 0 aliphatic heterocycles. The largest absolute Gasteiger partial charge is 0.472 e. The third-order valence-corrected chi connectivity index (χ3v) is 13.3. The van der Waals surface area contributed by atoms with Crippen LogP contribution in [0.2, 0.25) is 0 Å². The first kappa shape index (κ1) is 71.4. The molecule has 0 radical (unpaired) electrons. The standard InChI is InChI=1S/C65H110NO8P/c1-3-5-7-9-11-13-15-17-18-19-20-21-22-23-24-25-26-27-28-29-30-31-32-33-34-35-36-37-38-39-40-41-42-43-44-46-48-50-52-54-56-58-65(68)74-63(62-73-75(69,70)72-60-59-66)61-71-64(67)57-55-53-51-49-47-45-16-14-12-10-8-6-4-2/h5,7,11,13-14,16-18,20-21,23-24,26-27,29-30,32-33,35-36,63H,3-4,6,8-10,12,15,19,22,25,28,31,34,37-62,66H2,1-2H3,(H,69,70)/b7-5-,13-11-,16-14-,18-17-,21-20-,24-23-,27-26-,30-29-,33-32-,36-35-. The number of hydrogen-bond donors (Lipinski definition) is 2. The van der Waals surface area contributed by atoms with E-state index in [1.54, 1.807) is 0 Å². The molecule has 0 amide bonds. The van der Waals surface area contributed by atoms with Gasteiger partial charge in [-0.2, -0.15) is 0 Å². The van der Waals surface area contributed by atoms with Crippen LogP contribution in [0, 0.1) is 0 Å². The molecule has 0 rings (SSSR count). The maximum absolute atomic E-state index is 12.7. The highest BCUT2D eigenvalue weighted by molar-refractivity contribution is 7.47. The van der Waals surface area contributed by atoms with E-state index in [9.17, 15) is 19.0 Å². The van der Waals surface area contributed by atoms with Gasteiger partial charge in [0.2, 0.25) is 0 Å². The molecule has 0 aromatic carbocycles. The number of ether oxygens (including phenoxy) is 2. The number of carbonyl (C=O) groups excluding carboxylic acids is 2. The molecule has 428 valence electrons. The summed E-state index contributed by atoms with van der Waals surface area (Å²) in [7, 11) is -4.39. The molecule has 3 N–H and O–H groups in total. The van der Waals surface area contributed by atoms with E-state index in [4.69, 9.17) is 24.3 Å². The molecule has 2 unspecified atom stereocenters. The van der Waals surface area contributed by atoms with Gasteiger partial charge in [-0.25, -0.2) is 4.57 Å². The maximum Gasteiger partial charge on any atom is 0.472 e. The molecule has 2 atom stereocenters. The second-order valence-corrected chi connectivity index (χ2v) is 20.9. The van der Waals surface area contributed by atoms with Crippen LogP contribution in [-0.2, 0) is 32.7 Å². The zero-order valence-corrected chi connectivity index (χ0v) is 48.6. The molecule has 9 nitrogen and oxygen atoms in total. The highest BCUT2D eigenvalue weighted by atomic mass is 31.2. The van der Waals surface area contributed by atoms with Crippen molar-refractivity contribution in [2.45, 2.75) is 251 Å². The molecule has 0 heterocycles. The van der Waals surface area contributed by atoms with E-state index in [-0.39, 0.29) is 32.6 Å².